The molecule has 0 aliphatic carbocycles. The highest BCUT2D eigenvalue weighted by Gasteiger charge is 2.27. The van der Waals surface area contributed by atoms with Crippen LogP contribution in [-0.2, 0) is 19.5 Å². The van der Waals surface area contributed by atoms with E-state index in [1.165, 1.54) is 24.0 Å². The van der Waals surface area contributed by atoms with Crippen LogP contribution in [0.1, 0.15) is 34.2 Å². The Kier molecular flexibility index (Phi) is 4.86. The van der Waals surface area contributed by atoms with Gasteiger partial charge in [0.1, 0.15) is 17.4 Å². The minimum Gasteiger partial charge on any atom is -0.467 e. The summed E-state index contributed by atoms with van der Waals surface area (Å²) in [4.78, 5) is 14.8. The fourth-order valence-electron chi connectivity index (χ4n) is 3.68. The Hall–Kier alpha value is -3.15. The number of fused-ring (bicyclic) bond motifs is 1. The first-order valence-electron chi connectivity index (χ1n) is 9.15. The normalized spacial score (nSPS) is 15.5. The Morgan fingerprint density at radius 3 is 2.71 bits per heavy atom. The van der Waals surface area contributed by atoms with Crippen LogP contribution < -0.4 is 10.2 Å². The van der Waals surface area contributed by atoms with Gasteiger partial charge >= 0.3 is 0 Å². The van der Waals surface area contributed by atoms with Gasteiger partial charge in [0.05, 0.1) is 18.4 Å². The van der Waals surface area contributed by atoms with Gasteiger partial charge in [-0.2, -0.15) is 0 Å². The van der Waals surface area contributed by atoms with Gasteiger partial charge in [0.15, 0.2) is 0 Å². The van der Waals surface area contributed by atoms with Gasteiger partial charge in [-0.15, -0.1) is 0 Å². The van der Waals surface area contributed by atoms with Crippen molar-refractivity contribution in [2.45, 2.75) is 32.5 Å². The number of benzene rings is 2. The van der Waals surface area contributed by atoms with Gasteiger partial charge in [0.25, 0.3) is 5.91 Å². The van der Waals surface area contributed by atoms with Crippen molar-refractivity contribution in [3.05, 3.63) is 88.9 Å². The molecule has 144 valence electrons. The van der Waals surface area contributed by atoms with Crippen LogP contribution in [-0.4, -0.2) is 11.9 Å². The number of nitrogens with zero attached hydrogens (tertiary/aromatic N) is 1. The van der Waals surface area contributed by atoms with Crippen LogP contribution in [0.2, 0.25) is 0 Å². The second-order valence-corrected chi connectivity index (χ2v) is 7.03. The largest absolute Gasteiger partial charge is 0.467 e. The number of carbonyl (C=O) groups excluding carboxylic acids is 1. The van der Waals surface area contributed by atoms with Gasteiger partial charge in [0.2, 0.25) is 0 Å². The molecule has 1 N–H and O–H groups in total. The van der Waals surface area contributed by atoms with Crippen LogP contribution in [0, 0.1) is 11.6 Å². The highest BCUT2D eigenvalue weighted by molar-refractivity contribution is 5.95. The maximum atomic E-state index is 13.3. The Bertz CT molecular complexity index is 995. The van der Waals surface area contributed by atoms with Crippen molar-refractivity contribution in [3.63, 3.8) is 0 Å². The van der Waals surface area contributed by atoms with Crippen molar-refractivity contribution in [2.75, 3.05) is 4.90 Å². The third-order valence-corrected chi connectivity index (χ3v) is 5.03. The molecule has 0 saturated carbocycles. The van der Waals surface area contributed by atoms with Gasteiger partial charge in [-0.05, 0) is 48.7 Å². The zero-order chi connectivity index (χ0) is 19.7. The predicted octanol–water partition coefficient (Wildman–Crippen LogP) is 4.44. The summed E-state index contributed by atoms with van der Waals surface area (Å²) in [7, 11) is 0. The average molecular weight is 382 g/mol. The van der Waals surface area contributed by atoms with E-state index < -0.39 is 11.6 Å². The van der Waals surface area contributed by atoms with Crippen LogP contribution >= 0.6 is 0 Å². The summed E-state index contributed by atoms with van der Waals surface area (Å²) in [6.07, 6.45) is 2.43. The molecule has 1 unspecified atom stereocenters. The standard InChI is InChI=1S/C22H20F2N2O2/c1-14-8-16-4-2-3-5-20(16)26(14)13-21-19(6-7-28-21)22(27)25-12-15-9-17(23)11-18(24)10-15/h2-7,9-11,14H,8,12-13H2,1H3,(H,25,27). The molecule has 2 aromatic carbocycles. The maximum absolute atomic E-state index is 13.3. The van der Waals surface area contributed by atoms with E-state index in [2.05, 4.69) is 29.3 Å². The summed E-state index contributed by atoms with van der Waals surface area (Å²) in [6, 6.07) is 13.3. The number of halogens is 2. The second kappa shape index (κ2) is 7.46. The molecule has 4 nitrogen and oxygen atoms in total. The molecule has 0 bridgehead atoms. The Morgan fingerprint density at radius 1 is 1.18 bits per heavy atom. The summed E-state index contributed by atoms with van der Waals surface area (Å²) in [5.41, 5.74) is 3.21. The Balaban J connectivity index is 1.47. The summed E-state index contributed by atoms with van der Waals surface area (Å²) >= 11 is 0. The third-order valence-electron chi connectivity index (χ3n) is 5.03. The highest BCUT2D eigenvalue weighted by Crippen LogP contribution is 2.33. The van der Waals surface area contributed by atoms with Crippen molar-refractivity contribution < 1.29 is 18.0 Å². The van der Waals surface area contributed by atoms with Gasteiger partial charge in [-0.25, -0.2) is 8.78 Å². The van der Waals surface area contributed by atoms with Gasteiger partial charge in [-0.3, -0.25) is 4.79 Å². The topological polar surface area (TPSA) is 45.5 Å². The first kappa shape index (κ1) is 18.2. The first-order chi connectivity index (χ1) is 13.5. The number of hydrogen-bond donors (Lipinski definition) is 1. The first-order valence-corrected chi connectivity index (χ1v) is 9.15. The van der Waals surface area contributed by atoms with Crippen LogP contribution in [0.25, 0.3) is 0 Å². The summed E-state index contributed by atoms with van der Waals surface area (Å²) in [6.45, 7) is 2.64. The lowest BCUT2D eigenvalue weighted by molar-refractivity contribution is 0.0948. The van der Waals surface area contributed by atoms with Gasteiger partial charge in [0, 0.05) is 24.3 Å². The van der Waals surface area contributed by atoms with E-state index in [-0.39, 0.29) is 12.5 Å². The lowest BCUT2D eigenvalue weighted by Gasteiger charge is -2.24. The lowest BCUT2D eigenvalue weighted by Crippen LogP contribution is -2.30. The predicted molar refractivity (Wildman–Crippen MR) is 102 cm³/mol. The number of para-hydroxylation sites is 1. The molecule has 6 heteroatoms. The summed E-state index contributed by atoms with van der Waals surface area (Å²) in [5, 5.41) is 2.70. The summed E-state index contributed by atoms with van der Waals surface area (Å²) in [5.74, 6) is -1.12. The van der Waals surface area contributed by atoms with E-state index >= 15 is 0 Å². The molecule has 1 aliphatic heterocycles. The molecule has 0 fully saturated rings. The fraction of sp³-hybridized carbons (Fsp3) is 0.227. The highest BCUT2D eigenvalue weighted by atomic mass is 19.1. The number of carbonyl (C=O) groups is 1. The number of furan rings is 1. The number of hydrogen-bond acceptors (Lipinski definition) is 3. The Labute approximate surface area is 161 Å². The van der Waals surface area contributed by atoms with Gasteiger partial charge in [-0.1, -0.05) is 18.2 Å². The molecule has 1 aliphatic rings. The average Bonchev–Trinajstić information content (AvgIpc) is 3.24. The molecule has 1 amide bonds. The molecule has 1 aromatic heterocycles. The number of amides is 1. The zero-order valence-corrected chi connectivity index (χ0v) is 15.4. The monoisotopic (exact) mass is 382 g/mol. The van der Waals surface area contributed by atoms with E-state index in [4.69, 9.17) is 4.42 Å². The zero-order valence-electron chi connectivity index (χ0n) is 15.4. The minimum atomic E-state index is -0.671. The second-order valence-electron chi connectivity index (χ2n) is 7.03. The number of anilines is 1. The number of nitrogens with one attached hydrogen (secondary N) is 1. The summed E-state index contributed by atoms with van der Waals surface area (Å²) < 4.78 is 32.2. The quantitative estimate of drug-likeness (QED) is 0.710. The molecule has 3 aromatic rings. The van der Waals surface area contributed by atoms with Crippen LogP contribution in [0.3, 0.4) is 0 Å². The molecule has 0 radical (unpaired) electrons. The van der Waals surface area contributed by atoms with Crippen molar-refractivity contribution in [1.82, 2.24) is 5.32 Å². The smallest absolute Gasteiger partial charge is 0.255 e. The van der Waals surface area contributed by atoms with E-state index in [9.17, 15) is 13.6 Å². The van der Waals surface area contributed by atoms with Crippen molar-refractivity contribution in [3.8, 4) is 0 Å². The molecule has 4 rings (SSSR count). The molecule has 2 heterocycles. The molecular formula is C22H20F2N2O2. The van der Waals surface area contributed by atoms with E-state index in [1.54, 1.807) is 6.07 Å². The Morgan fingerprint density at radius 2 is 1.93 bits per heavy atom. The maximum Gasteiger partial charge on any atom is 0.255 e. The van der Waals surface area contributed by atoms with E-state index in [0.29, 0.717) is 29.5 Å². The van der Waals surface area contributed by atoms with Crippen molar-refractivity contribution >= 4 is 11.6 Å². The third kappa shape index (κ3) is 3.63. The van der Waals surface area contributed by atoms with E-state index in [1.807, 2.05) is 12.1 Å². The fourth-order valence-corrected chi connectivity index (χ4v) is 3.68. The lowest BCUT2D eigenvalue weighted by atomic mass is 10.1. The van der Waals surface area contributed by atoms with E-state index in [0.717, 1.165) is 18.2 Å². The van der Waals surface area contributed by atoms with Gasteiger partial charge < -0.3 is 14.6 Å². The molecule has 28 heavy (non-hydrogen) atoms. The molecule has 0 saturated heterocycles. The number of rotatable bonds is 5. The van der Waals surface area contributed by atoms with Crippen LogP contribution in [0.5, 0.6) is 0 Å². The van der Waals surface area contributed by atoms with Crippen LogP contribution in [0.4, 0.5) is 14.5 Å². The van der Waals surface area contributed by atoms with Crippen molar-refractivity contribution in [1.29, 1.82) is 0 Å². The minimum absolute atomic E-state index is 0.0289. The van der Waals surface area contributed by atoms with Crippen LogP contribution in [0.15, 0.2) is 59.2 Å². The molecule has 0 spiro atoms. The molecule has 1 atom stereocenters. The van der Waals surface area contributed by atoms with Crippen molar-refractivity contribution in [2.24, 2.45) is 0 Å². The molecular weight excluding hydrogens is 362 g/mol. The SMILES string of the molecule is CC1Cc2ccccc2N1Cc1occc1C(=O)NCc1cc(F)cc(F)c1.